The van der Waals surface area contributed by atoms with Crippen LogP contribution in [0.5, 0.6) is 0 Å². The van der Waals surface area contributed by atoms with Gasteiger partial charge in [0.2, 0.25) is 0 Å². The SMILES string of the molecule is CC(NCc1cc(Br)c(Br)s1)c1ccc2c(c1)CCCC2. The molecular weight excluding hydrogens is 410 g/mol. The van der Waals surface area contributed by atoms with Crippen molar-refractivity contribution in [3.8, 4) is 0 Å². The summed E-state index contributed by atoms with van der Waals surface area (Å²) in [5.41, 5.74) is 4.53. The molecule has 0 saturated carbocycles. The van der Waals surface area contributed by atoms with Crippen LogP contribution in [0.2, 0.25) is 0 Å². The smallest absolute Gasteiger partial charge is 0.0843 e. The summed E-state index contributed by atoms with van der Waals surface area (Å²) in [6, 6.07) is 9.60. The summed E-state index contributed by atoms with van der Waals surface area (Å²) >= 11 is 8.88. The van der Waals surface area contributed by atoms with Crippen molar-refractivity contribution in [2.45, 2.75) is 45.2 Å². The maximum absolute atomic E-state index is 3.63. The number of aryl methyl sites for hydroxylation is 2. The maximum atomic E-state index is 3.63. The van der Waals surface area contributed by atoms with E-state index in [0.29, 0.717) is 6.04 Å². The second-order valence-corrected chi connectivity index (χ2v) is 8.98. The lowest BCUT2D eigenvalue weighted by molar-refractivity contribution is 0.576. The van der Waals surface area contributed by atoms with E-state index in [1.165, 1.54) is 39.9 Å². The van der Waals surface area contributed by atoms with Crippen LogP contribution in [0.1, 0.15) is 47.4 Å². The van der Waals surface area contributed by atoms with Gasteiger partial charge < -0.3 is 5.32 Å². The average Bonchev–Trinajstić information content (AvgIpc) is 2.83. The number of benzene rings is 1. The Bertz CT molecular complexity index is 616. The lowest BCUT2D eigenvalue weighted by Crippen LogP contribution is -2.18. The quantitative estimate of drug-likeness (QED) is 0.629. The molecule has 0 bridgehead atoms. The molecule has 0 fully saturated rings. The molecule has 0 aliphatic heterocycles. The molecule has 1 aromatic carbocycles. The van der Waals surface area contributed by atoms with E-state index in [1.54, 1.807) is 22.5 Å². The fourth-order valence-corrected chi connectivity index (χ4v) is 5.00. The molecule has 1 aliphatic rings. The van der Waals surface area contributed by atoms with Crippen molar-refractivity contribution in [1.82, 2.24) is 5.32 Å². The molecule has 0 amide bonds. The minimum Gasteiger partial charge on any atom is -0.305 e. The van der Waals surface area contributed by atoms with Crippen molar-refractivity contribution < 1.29 is 0 Å². The summed E-state index contributed by atoms with van der Waals surface area (Å²) in [6.45, 7) is 3.16. The molecule has 3 rings (SSSR count). The van der Waals surface area contributed by atoms with Crippen LogP contribution in [-0.2, 0) is 19.4 Å². The first-order valence-electron chi connectivity index (χ1n) is 7.42. The van der Waals surface area contributed by atoms with E-state index in [-0.39, 0.29) is 0 Å². The first-order valence-corrected chi connectivity index (χ1v) is 9.82. The molecule has 1 unspecified atom stereocenters. The highest BCUT2D eigenvalue weighted by Gasteiger charge is 2.13. The maximum Gasteiger partial charge on any atom is 0.0843 e. The molecular formula is C17H19Br2NS. The summed E-state index contributed by atoms with van der Waals surface area (Å²) in [7, 11) is 0. The van der Waals surface area contributed by atoms with Crippen molar-refractivity contribution in [2.24, 2.45) is 0 Å². The monoisotopic (exact) mass is 427 g/mol. The zero-order valence-electron chi connectivity index (χ0n) is 12.1. The van der Waals surface area contributed by atoms with Gasteiger partial charge in [0.05, 0.1) is 3.79 Å². The normalized spacial score (nSPS) is 15.8. The van der Waals surface area contributed by atoms with Crippen LogP contribution in [0.15, 0.2) is 32.5 Å². The zero-order valence-corrected chi connectivity index (χ0v) is 16.1. The number of nitrogens with one attached hydrogen (secondary N) is 1. The third kappa shape index (κ3) is 3.79. The molecule has 4 heteroatoms. The molecule has 1 atom stereocenters. The van der Waals surface area contributed by atoms with Crippen molar-refractivity contribution in [3.05, 3.63) is 54.1 Å². The topological polar surface area (TPSA) is 12.0 Å². The van der Waals surface area contributed by atoms with Gasteiger partial charge in [-0.3, -0.25) is 0 Å². The molecule has 21 heavy (non-hydrogen) atoms. The highest BCUT2D eigenvalue weighted by atomic mass is 79.9. The van der Waals surface area contributed by atoms with Crippen molar-refractivity contribution in [1.29, 1.82) is 0 Å². The zero-order chi connectivity index (χ0) is 14.8. The largest absolute Gasteiger partial charge is 0.305 e. The van der Waals surface area contributed by atoms with Gasteiger partial charge in [-0.2, -0.15) is 0 Å². The van der Waals surface area contributed by atoms with Gasteiger partial charge in [-0.25, -0.2) is 0 Å². The lowest BCUT2D eigenvalue weighted by atomic mass is 9.89. The number of hydrogen-bond donors (Lipinski definition) is 1. The van der Waals surface area contributed by atoms with Crippen LogP contribution in [-0.4, -0.2) is 0 Å². The predicted molar refractivity (Wildman–Crippen MR) is 98.1 cm³/mol. The van der Waals surface area contributed by atoms with E-state index in [1.807, 2.05) is 0 Å². The summed E-state index contributed by atoms with van der Waals surface area (Å²) in [4.78, 5) is 1.35. The first kappa shape index (κ1) is 15.7. The van der Waals surface area contributed by atoms with E-state index in [9.17, 15) is 0 Å². The molecule has 1 N–H and O–H groups in total. The number of thiophene rings is 1. The first-order chi connectivity index (χ1) is 10.1. The number of fused-ring (bicyclic) bond motifs is 1. The van der Waals surface area contributed by atoms with Gasteiger partial charge in [0.15, 0.2) is 0 Å². The average molecular weight is 429 g/mol. The van der Waals surface area contributed by atoms with Crippen LogP contribution in [0.3, 0.4) is 0 Å². The standard InChI is InChI=1S/C17H19Br2NS/c1-11(20-10-15-9-16(18)17(19)21-15)13-7-6-12-4-2-3-5-14(12)8-13/h6-9,11,20H,2-5,10H2,1H3. The van der Waals surface area contributed by atoms with Crippen LogP contribution in [0.4, 0.5) is 0 Å². The Morgan fingerprint density at radius 3 is 2.62 bits per heavy atom. The van der Waals surface area contributed by atoms with E-state index >= 15 is 0 Å². The molecule has 2 aromatic rings. The minimum absolute atomic E-state index is 0.386. The van der Waals surface area contributed by atoms with Gasteiger partial charge in [0.1, 0.15) is 0 Å². The van der Waals surface area contributed by atoms with Crippen molar-refractivity contribution >= 4 is 43.2 Å². The van der Waals surface area contributed by atoms with Crippen LogP contribution < -0.4 is 5.32 Å². The molecule has 0 radical (unpaired) electrons. The molecule has 0 saturated heterocycles. The third-order valence-corrected chi connectivity index (χ3v) is 7.41. The lowest BCUT2D eigenvalue weighted by Gasteiger charge is -2.20. The summed E-state index contributed by atoms with van der Waals surface area (Å²) in [5, 5.41) is 3.63. The van der Waals surface area contributed by atoms with Crippen molar-refractivity contribution in [2.75, 3.05) is 0 Å². The fourth-order valence-electron chi connectivity index (χ4n) is 2.87. The predicted octanol–water partition coefficient (Wildman–Crippen LogP) is 6.00. The van der Waals surface area contributed by atoms with E-state index in [0.717, 1.165) is 11.0 Å². The van der Waals surface area contributed by atoms with E-state index in [2.05, 4.69) is 68.4 Å². The van der Waals surface area contributed by atoms with Crippen LogP contribution in [0.25, 0.3) is 0 Å². The Morgan fingerprint density at radius 1 is 1.14 bits per heavy atom. The second kappa shape index (κ2) is 6.95. The Labute approximate surface area is 147 Å². The number of rotatable bonds is 4. The Hall–Kier alpha value is -0.160. The number of halogens is 2. The Balaban J connectivity index is 1.66. The molecule has 1 aromatic heterocycles. The molecule has 1 nitrogen and oxygen atoms in total. The highest BCUT2D eigenvalue weighted by Crippen LogP contribution is 2.32. The van der Waals surface area contributed by atoms with E-state index in [4.69, 9.17) is 0 Å². The van der Waals surface area contributed by atoms with Gasteiger partial charge in [-0.05, 0) is 87.2 Å². The Kier molecular flexibility index (Phi) is 5.20. The Morgan fingerprint density at radius 2 is 1.90 bits per heavy atom. The summed E-state index contributed by atoms with van der Waals surface area (Å²) in [5.74, 6) is 0. The second-order valence-electron chi connectivity index (χ2n) is 5.67. The molecule has 112 valence electrons. The van der Waals surface area contributed by atoms with Crippen LogP contribution >= 0.6 is 43.2 Å². The third-order valence-electron chi connectivity index (χ3n) is 4.15. The van der Waals surface area contributed by atoms with E-state index < -0.39 is 0 Å². The van der Waals surface area contributed by atoms with Gasteiger partial charge in [0, 0.05) is 21.9 Å². The molecule has 0 spiro atoms. The molecule has 1 heterocycles. The summed E-state index contributed by atoms with van der Waals surface area (Å²) < 4.78 is 2.31. The van der Waals surface area contributed by atoms with Gasteiger partial charge in [-0.15, -0.1) is 11.3 Å². The minimum atomic E-state index is 0.386. The van der Waals surface area contributed by atoms with Gasteiger partial charge in [0.25, 0.3) is 0 Å². The fraction of sp³-hybridized carbons (Fsp3) is 0.412. The van der Waals surface area contributed by atoms with Gasteiger partial charge >= 0.3 is 0 Å². The van der Waals surface area contributed by atoms with Crippen LogP contribution in [0, 0.1) is 0 Å². The highest BCUT2D eigenvalue weighted by molar-refractivity contribution is 9.13. The van der Waals surface area contributed by atoms with Gasteiger partial charge in [-0.1, -0.05) is 18.2 Å². The number of hydrogen-bond acceptors (Lipinski definition) is 2. The van der Waals surface area contributed by atoms with Crippen molar-refractivity contribution in [3.63, 3.8) is 0 Å². The molecule has 1 aliphatic carbocycles. The summed E-state index contributed by atoms with van der Waals surface area (Å²) in [6.07, 6.45) is 5.20.